The fourth-order valence-corrected chi connectivity index (χ4v) is 1.72. The van der Waals surface area contributed by atoms with E-state index in [1.807, 2.05) is 0 Å². The summed E-state index contributed by atoms with van der Waals surface area (Å²) in [5, 5.41) is 30.6. The Labute approximate surface area is 121 Å². The van der Waals surface area contributed by atoms with E-state index in [0.717, 1.165) is 6.07 Å². The summed E-state index contributed by atoms with van der Waals surface area (Å²) in [6.07, 6.45) is -3.32. The number of rotatable bonds is 7. The number of aliphatic hydroxyl groups excluding tert-OH is 2. The lowest BCUT2D eigenvalue weighted by molar-refractivity contribution is -0.385. The summed E-state index contributed by atoms with van der Waals surface area (Å²) in [6.45, 7) is 1.78. The average molecular weight is 299 g/mol. The highest BCUT2D eigenvalue weighted by molar-refractivity contribution is 5.70. The fraction of sp³-hybridized carbons (Fsp3) is 0.462. The van der Waals surface area contributed by atoms with Gasteiger partial charge in [-0.3, -0.25) is 14.9 Å². The normalized spacial score (nSPS) is 13.3. The number of non-ortho nitro benzene ring substituents is 1. The summed E-state index contributed by atoms with van der Waals surface area (Å²) in [5.74, 6) is -0.497. The van der Waals surface area contributed by atoms with Crippen molar-refractivity contribution < 1.29 is 29.4 Å². The van der Waals surface area contributed by atoms with Crippen LogP contribution in [-0.4, -0.2) is 40.9 Å². The number of hydrogen-bond donors (Lipinski definition) is 2. The molecule has 0 bridgehead atoms. The Morgan fingerprint density at radius 2 is 2.05 bits per heavy atom. The van der Waals surface area contributed by atoms with Gasteiger partial charge >= 0.3 is 5.97 Å². The van der Waals surface area contributed by atoms with Crippen molar-refractivity contribution >= 4 is 11.7 Å². The molecule has 0 amide bonds. The van der Waals surface area contributed by atoms with Crippen LogP contribution in [0.3, 0.4) is 0 Å². The largest absolute Gasteiger partial charge is 0.496 e. The van der Waals surface area contributed by atoms with Gasteiger partial charge in [-0.05, 0) is 18.6 Å². The van der Waals surface area contributed by atoms with Crippen molar-refractivity contribution in [3.8, 4) is 5.75 Å². The number of nitro groups is 1. The fourth-order valence-electron chi connectivity index (χ4n) is 1.72. The summed E-state index contributed by atoms with van der Waals surface area (Å²) < 4.78 is 9.57. The van der Waals surface area contributed by atoms with E-state index in [1.54, 1.807) is 6.92 Å². The maximum atomic E-state index is 11.3. The zero-order valence-electron chi connectivity index (χ0n) is 11.7. The van der Waals surface area contributed by atoms with Gasteiger partial charge in [0, 0.05) is 6.07 Å². The molecular weight excluding hydrogens is 282 g/mol. The van der Waals surface area contributed by atoms with Gasteiger partial charge in [-0.15, -0.1) is 0 Å². The van der Waals surface area contributed by atoms with Gasteiger partial charge in [-0.2, -0.15) is 0 Å². The molecule has 8 heteroatoms. The molecule has 0 aromatic heterocycles. The van der Waals surface area contributed by atoms with E-state index < -0.39 is 29.5 Å². The Morgan fingerprint density at radius 3 is 2.57 bits per heavy atom. The van der Waals surface area contributed by atoms with E-state index in [2.05, 4.69) is 4.74 Å². The SMILES string of the molecule is CCOC(=O)CC(O)C(O)c1cc(OC)cc([N+](=O)[O-])c1. The number of methoxy groups -OCH3 is 1. The van der Waals surface area contributed by atoms with Crippen molar-refractivity contribution in [2.24, 2.45) is 0 Å². The molecule has 0 fully saturated rings. The minimum Gasteiger partial charge on any atom is -0.496 e. The number of nitro benzene ring substituents is 1. The molecule has 1 aromatic carbocycles. The number of carbonyl (C=O) groups is 1. The summed E-state index contributed by atoms with van der Waals surface area (Å²) in [6, 6.07) is 3.65. The van der Waals surface area contributed by atoms with E-state index in [4.69, 9.17) is 4.74 Å². The van der Waals surface area contributed by atoms with E-state index in [9.17, 15) is 25.1 Å². The Hall–Kier alpha value is -2.19. The third kappa shape index (κ3) is 4.69. The molecule has 2 atom stereocenters. The Kier molecular flexibility index (Phi) is 6.07. The molecule has 2 N–H and O–H groups in total. The third-order valence-electron chi connectivity index (χ3n) is 2.75. The number of esters is 1. The number of benzene rings is 1. The van der Waals surface area contributed by atoms with Gasteiger partial charge in [0.1, 0.15) is 11.9 Å². The number of aliphatic hydroxyl groups is 2. The van der Waals surface area contributed by atoms with Crippen LogP contribution < -0.4 is 4.74 Å². The predicted molar refractivity (Wildman–Crippen MR) is 71.9 cm³/mol. The molecule has 116 valence electrons. The van der Waals surface area contributed by atoms with Crippen LogP contribution in [-0.2, 0) is 9.53 Å². The molecule has 0 heterocycles. The molecule has 2 unspecified atom stereocenters. The van der Waals surface area contributed by atoms with Crippen molar-refractivity contribution in [2.45, 2.75) is 25.6 Å². The zero-order valence-corrected chi connectivity index (χ0v) is 11.7. The topological polar surface area (TPSA) is 119 Å². The van der Waals surface area contributed by atoms with Crippen LogP contribution in [0, 0.1) is 10.1 Å². The number of hydrogen-bond acceptors (Lipinski definition) is 7. The maximum Gasteiger partial charge on any atom is 0.308 e. The van der Waals surface area contributed by atoms with Crippen molar-refractivity contribution in [3.63, 3.8) is 0 Å². The van der Waals surface area contributed by atoms with Gasteiger partial charge in [0.2, 0.25) is 0 Å². The molecule has 1 rings (SSSR count). The lowest BCUT2D eigenvalue weighted by atomic mass is 10.0. The zero-order chi connectivity index (χ0) is 16.0. The van der Waals surface area contributed by atoms with Crippen LogP contribution in [0.1, 0.15) is 25.0 Å². The summed E-state index contributed by atoms with van der Waals surface area (Å²) in [5.41, 5.74) is -0.204. The molecule has 0 saturated heterocycles. The summed E-state index contributed by atoms with van der Waals surface area (Å²) in [7, 11) is 1.32. The Bertz CT molecular complexity index is 517. The Balaban J connectivity index is 2.94. The first kappa shape index (κ1) is 16.9. The second-order valence-electron chi connectivity index (χ2n) is 4.24. The van der Waals surface area contributed by atoms with E-state index in [-0.39, 0.29) is 23.6 Å². The van der Waals surface area contributed by atoms with Crippen molar-refractivity contribution in [1.82, 2.24) is 0 Å². The Morgan fingerprint density at radius 1 is 1.38 bits per heavy atom. The number of ether oxygens (including phenoxy) is 2. The lowest BCUT2D eigenvalue weighted by Gasteiger charge is -2.18. The molecule has 21 heavy (non-hydrogen) atoms. The van der Waals surface area contributed by atoms with E-state index in [0.29, 0.717) is 0 Å². The van der Waals surface area contributed by atoms with Crippen LogP contribution in [0.5, 0.6) is 5.75 Å². The van der Waals surface area contributed by atoms with Crippen LogP contribution in [0.4, 0.5) is 5.69 Å². The molecule has 0 spiro atoms. The van der Waals surface area contributed by atoms with Gasteiger partial charge in [0.15, 0.2) is 0 Å². The first-order chi connectivity index (χ1) is 9.88. The van der Waals surface area contributed by atoms with Crippen LogP contribution in [0.25, 0.3) is 0 Å². The predicted octanol–water partition coefficient (Wildman–Crippen LogP) is 0.951. The van der Waals surface area contributed by atoms with Crippen LogP contribution >= 0.6 is 0 Å². The molecular formula is C13H17NO7. The van der Waals surface area contributed by atoms with E-state index >= 15 is 0 Å². The van der Waals surface area contributed by atoms with Crippen molar-refractivity contribution in [2.75, 3.05) is 13.7 Å². The maximum absolute atomic E-state index is 11.3. The van der Waals surface area contributed by atoms with Gasteiger partial charge in [-0.1, -0.05) is 0 Å². The molecule has 0 radical (unpaired) electrons. The molecule has 0 saturated carbocycles. The summed E-state index contributed by atoms with van der Waals surface area (Å²) >= 11 is 0. The first-order valence-electron chi connectivity index (χ1n) is 6.24. The van der Waals surface area contributed by atoms with Crippen LogP contribution in [0.2, 0.25) is 0 Å². The van der Waals surface area contributed by atoms with Crippen molar-refractivity contribution in [1.29, 1.82) is 0 Å². The molecule has 0 aliphatic carbocycles. The minimum atomic E-state index is -1.47. The lowest BCUT2D eigenvalue weighted by Crippen LogP contribution is -2.23. The van der Waals surface area contributed by atoms with E-state index in [1.165, 1.54) is 19.2 Å². The van der Waals surface area contributed by atoms with Gasteiger partial charge in [-0.25, -0.2) is 0 Å². The highest BCUT2D eigenvalue weighted by Crippen LogP contribution is 2.28. The smallest absolute Gasteiger partial charge is 0.308 e. The molecule has 1 aromatic rings. The average Bonchev–Trinajstić information content (AvgIpc) is 2.45. The van der Waals surface area contributed by atoms with Gasteiger partial charge < -0.3 is 19.7 Å². The number of carbonyl (C=O) groups excluding carboxylic acids is 1. The minimum absolute atomic E-state index is 0.0813. The van der Waals surface area contributed by atoms with Gasteiger partial charge in [0.05, 0.1) is 37.2 Å². The molecule has 8 nitrogen and oxygen atoms in total. The van der Waals surface area contributed by atoms with Gasteiger partial charge in [0.25, 0.3) is 5.69 Å². The standard InChI is InChI=1S/C13H17NO7/c1-3-21-12(16)7-11(15)13(17)8-4-9(14(18)19)6-10(5-8)20-2/h4-6,11,13,15,17H,3,7H2,1-2H3. The quantitative estimate of drug-likeness (QED) is 0.437. The third-order valence-corrected chi connectivity index (χ3v) is 2.75. The second kappa shape index (κ2) is 7.55. The molecule has 0 aliphatic rings. The number of nitrogens with zero attached hydrogens (tertiary/aromatic N) is 1. The molecule has 0 aliphatic heterocycles. The summed E-state index contributed by atoms with van der Waals surface area (Å²) in [4.78, 5) is 21.4. The van der Waals surface area contributed by atoms with Crippen molar-refractivity contribution in [3.05, 3.63) is 33.9 Å². The monoisotopic (exact) mass is 299 g/mol. The highest BCUT2D eigenvalue weighted by atomic mass is 16.6. The highest BCUT2D eigenvalue weighted by Gasteiger charge is 2.24. The second-order valence-corrected chi connectivity index (χ2v) is 4.24. The first-order valence-corrected chi connectivity index (χ1v) is 6.24. The van der Waals surface area contributed by atoms with Crippen LogP contribution in [0.15, 0.2) is 18.2 Å².